The highest BCUT2D eigenvalue weighted by atomic mass is 19.2. The van der Waals surface area contributed by atoms with Crippen LogP contribution < -0.4 is 15.8 Å². The Kier molecular flexibility index (Phi) is 33.9. The first kappa shape index (κ1) is 66.9. The van der Waals surface area contributed by atoms with E-state index < -0.39 is 41.4 Å². The summed E-state index contributed by atoms with van der Waals surface area (Å²) >= 11 is 0. The number of amidine groups is 1. The number of aliphatic imine (C=N–C) groups is 1. The Morgan fingerprint density at radius 2 is 1.07 bits per heavy atom. The van der Waals surface area contributed by atoms with Gasteiger partial charge in [-0.3, -0.25) is 14.4 Å². The highest BCUT2D eigenvalue weighted by molar-refractivity contribution is 6.07. The maximum Gasteiger partial charge on any atom is 0.313 e. The minimum Gasteiger partial charge on any atom is -0.420 e. The van der Waals surface area contributed by atoms with Gasteiger partial charge >= 0.3 is 5.97 Å². The molecule has 4 rings (SSSR count). The van der Waals surface area contributed by atoms with Gasteiger partial charge in [0.25, 0.3) is 5.91 Å². The molecule has 0 aliphatic carbocycles. The lowest BCUT2D eigenvalue weighted by molar-refractivity contribution is -0.136. The molecule has 0 saturated carbocycles. The number of fused-ring (bicyclic) bond motifs is 1. The van der Waals surface area contributed by atoms with Gasteiger partial charge in [0, 0.05) is 55.2 Å². The van der Waals surface area contributed by atoms with Gasteiger partial charge < -0.3 is 73.0 Å². The van der Waals surface area contributed by atoms with Crippen molar-refractivity contribution in [3.63, 3.8) is 0 Å². The van der Waals surface area contributed by atoms with Crippen LogP contribution in [0.3, 0.4) is 0 Å². The Balaban J connectivity index is 0.852. The molecule has 2 amide bonds. The topological polar surface area (TPSA) is 235 Å². The number of ether oxygens (including phenoxy) is 11. The average Bonchev–Trinajstić information content (AvgIpc) is 3.61. The zero-order valence-corrected chi connectivity index (χ0v) is 46.3. The predicted molar refractivity (Wildman–Crippen MR) is 288 cm³/mol. The van der Waals surface area contributed by atoms with Crippen molar-refractivity contribution in [3.8, 4) is 5.75 Å². The van der Waals surface area contributed by atoms with Gasteiger partial charge in [0.05, 0.1) is 162 Å². The summed E-state index contributed by atoms with van der Waals surface area (Å²) in [5.41, 5.74) is 8.93. The molecule has 3 aromatic rings. The van der Waals surface area contributed by atoms with Crippen molar-refractivity contribution in [2.75, 3.05) is 171 Å². The van der Waals surface area contributed by atoms with Gasteiger partial charge in [0.1, 0.15) is 11.7 Å². The number of nitrogens with zero attached hydrogens (tertiary/aromatic N) is 5. The van der Waals surface area contributed by atoms with Crippen molar-refractivity contribution in [1.82, 2.24) is 19.8 Å². The summed E-state index contributed by atoms with van der Waals surface area (Å²) in [6.45, 7) is 14.4. The molecule has 2 heterocycles. The van der Waals surface area contributed by atoms with Crippen molar-refractivity contribution in [3.05, 3.63) is 82.5 Å². The van der Waals surface area contributed by atoms with E-state index in [0.29, 0.717) is 166 Å². The van der Waals surface area contributed by atoms with Crippen molar-refractivity contribution in [2.45, 2.75) is 52.4 Å². The lowest BCUT2D eigenvalue weighted by Crippen LogP contribution is -2.34. The number of rotatable bonds is 45. The predicted octanol–water partition coefficient (Wildman–Crippen LogP) is 5.74. The first-order valence-electron chi connectivity index (χ1n) is 27.0. The number of carbonyl (C=O) groups excluding carboxylic acids is 3. The van der Waals surface area contributed by atoms with E-state index in [1.165, 1.54) is 0 Å². The highest BCUT2D eigenvalue weighted by Crippen LogP contribution is 2.29. The van der Waals surface area contributed by atoms with E-state index in [9.17, 15) is 31.9 Å². The van der Waals surface area contributed by atoms with Crippen LogP contribution in [0.1, 0.15) is 67.7 Å². The number of halogens is 4. The molecule has 0 saturated heterocycles. The Morgan fingerprint density at radius 1 is 0.613 bits per heavy atom. The van der Waals surface area contributed by atoms with E-state index in [1.807, 2.05) is 31.9 Å². The lowest BCUT2D eigenvalue weighted by Gasteiger charge is -2.22. The number of hydrogen-bond donors (Lipinski definition) is 2. The third kappa shape index (κ3) is 27.3. The molecule has 80 heavy (non-hydrogen) atoms. The van der Waals surface area contributed by atoms with Crippen LogP contribution in [0.25, 0.3) is 6.08 Å². The fraction of sp³-hybridized carbons (Fsp3) is 0.600. The van der Waals surface area contributed by atoms with E-state index in [2.05, 4.69) is 29.9 Å². The highest BCUT2D eigenvalue weighted by Gasteiger charge is 2.24. The molecule has 25 heteroatoms. The third-order valence-electron chi connectivity index (χ3n) is 11.4. The summed E-state index contributed by atoms with van der Waals surface area (Å²) in [5, 5.41) is 2.85. The number of hydrogen-bond acceptors (Lipinski definition) is 19. The zero-order chi connectivity index (χ0) is 57.6. The second-order valence-electron chi connectivity index (χ2n) is 17.9. The summed E-state index contributed by atoms with van der Waals surface area (Å²) in [6, 6.07) is 5.17. The van der Waals surface area contributed by atoms with E-state index in [0.717, 1.165) is 37.9 Å². The van der Waals surface area contributed by atoms with Gasteiger partial charge in [-0.1, -0.05) is 19.9 Å². The SMILES string of the molecule is CCCN(CCC)C(=O)C1=Cc2ccc(C(=O)Nc3cnc(CCCN(C)CCOCCOCCOCCOCCOCCOCCOCCOCCOCCOCCC(=O)Oc4c(F)c(F)cc(F)c4F)nc3)cc2N=C(N)C1. The number of carbonyl (C=O) groups is 3. The summed E-state index contributed by atoms with van der Waals surface area (Å²) in [6.07, 6.45) is 8.11. The Morgan fingerprint density at radius 3 is 1.55 bits per heavy atom. The molecule has 0 unspecified atom stereocenters. The molecule has 0 bridgehead atoms. The molecule has 0 atom stereocenters. The van der Waals surface area contributed by atoms with Gasteiger partial charge in [0.15, 0.2) is 11.6 Å². The Labute approximate surface area is 465 Å². The number of benzene rings is 2. The molecular weight excluding hydrogens is 1060 g/mol. The van der Waals surface area contributed by atoms with Gasteiger partial charge in [-0.25, -0.2) is 23.7 Å². The lowest BCUT2D eigenvalue weighted by atomic mass is 10.0. The van der Waals surface area contributed by atoms with Crippen LogP contribution in [0.2, 0.25) is 0 Å². The average molecular weight is 1140 g/mol. The molecular formula is C55H79F4N7O14. The van der Waals surface area contributed by atoms with Gasteiger partial charge in [-0.15, -0.1) is 0 Å². The number of aromatic nitrogens is 2. The van der Waals surface area contributed by atoms with Crippen LogP contribution in [0.4, 0.5) is 28.9 Å². The van der Waals surface area contributed by atoms with Crippen molar-refractivity contribution >= 4 is 41.1 Å². The van der Waals surface area contributed by atoms with Crippen molar-refractivity contribution in [1.29, 1.82) is 0 Å². The molecule has 1 aliphatic heterocycles. The van der Waals surface area contributed by atoms with Crippen LogP contribution in [0.15, 0.2) is 47.2 Å². The first-order chi connectivity index (χ1) is 38.9. The summed E-state index contributed by atoms with van der Waals surface area (Å²) < 4.78 is 113. The van der Waals surface area contributed by atoms with Gasteiger partial charge in [-0.2, -0.15) is 8.78 Å². The Hall–Kier alpha value is -5.58. The van der Waals surface area contributed by atoms with Crippen LogP contribution in [0.5, 0.6) is 5.75 Å². The molecule has 1 aromatic heterocycles. The Bertz CT molecular complexity index is 2310. The molecule has 2 aromatic carbocycles. The molecule has 446 valence electrons. The molecule has 1 aliphatic rings. The molecule has 21 nitrogen and oxygen atoms in total. The monoisotopic (exact) mass is 1140 g/mol. The van der Waals surface area contributed by atoms with Gasteiger partial charge in [-0.05, 0) is 51.1 Å². The number of likely N-dealkylation sites (N-methyl/N-ethyl adjacent to an activating group) is 1. The zero-order valence-electron chi connectivity index (χ0n) is 46.3. The van der Waals surface area contributed by atoms with E-state index in [1.54, 1.807) is 30.6 Å². The number of nitrogens with two attached hydrogens (primary N) is 1. The maximum atomic E-state index is 13.6. The van der Waals surface area contributed by atoms with Crippen molar-refractivity contribution < 1.29 is 84.1 Å². The third-order valence-corrected chi connectivity index (χ3v) is 11.4. The molecule has 0 spiro atoms. The minimum absolute atomic E-state index is 0.0161. The minimum atomic E-state index is -1.80. The second-order valence-corrected chi connectivity index (χ2v) is 17.9. The maximum absolute atomic E-state index is 13.6. The standard InChI is InChI=1S/C55H79F4N7O14/c1-4-11-66(12-5-2)55(69)43-35-41-8-9-42(36-47(41)64-48(60)37-43)54(68)63-44-39-61-49(62-40-44)7-6-13-65(3)14-16-71-18-20-73-22-24-75-26-28-77-30-32-79-34-33-78-31-29-76-27-25-74-23-21-72-19-17-70-15-10-50(67)80-53-51(58)45(56)38-46(57)52(53)59/h8-9,35-36,38-40H,4-7,10-34,37H2,1-3H3,(H2,60,64)(H,63,68). The van der Waals surface area contributed by atoms with Crippen LogP contribution in [0, 0.1) is 23.3 Å². The number of aryl methyl sites for hydroxylation is 1. The van der Waals surface area contributed by atoms with E-state index in [4.69, 9.17) is 53.1 Å². The number of esters is 1. The van der Waals surface area contributed by atoms with Crippen LogP contribution in [-0.4, -0.2) is 209 Å². The van der Waals surface area contributed by atoms with Crippen LogP contribution >= 0.6 is 0 Å². The smallest absolute Gasteiger partial charge is 0.313 e. The molecule has 0 radical (unpaired) electrons. The summed E-state index contributed by atoms with van der Waals surface area (Å²) in [5.74, 6) is -8.90. The van der Waals surface area contributed by atoms with Crippen LogP contribution in [-0.2, 0) is 63.4 Å². The summed E-state index contributed by atoms with van der Waals surface area (Å²) in [4.78, 5) is 55.7. The van der Waals surface area contributed by atoms with E-state index in [-0.39, 0.29) is 44.1 Å². The first-order valence-corrected chi connectivity index (χ1v) is 27.0. The fourth-order valence-corrected chi connectivity index (χ4v) is 7.36. The van der Waals surface area contributed by atoms with E-state index >= 15 is 0 Å². The quantitative estimate of drug-likeness (QED) is 0.0226. The fourth-order valence-electron chi connectivity index (χ4n) is 7.36. The second kappa shape index (κ2) is 40.6. The normalized spacial score (nSPS) is 12.3. The van der Waals surface area contributed by atoms with Crippen molar-refractivity contribution in [2.24, 2.45) is 10.7 Å². The summed E-state index contributed by atoms with van der Waals surface area (Å²) in [7, 11) is 2.04. The largest absolute Gasteiger partial charge is 0.420 e. The molecule has 0 fully saturated rings. The number of nitrogens with one attached hydrogen (secondary N) is 1. The van der Waals surface area contributed by atoms with Gasteiger partial charge in [0.2, 0.25) is 23.3 Å². The number of anilines is 1. The molecule has 3 N–H and O–H groups in total. The number of amides is 2.